The Morgan fingerprint density at radius 1 is 0.778 bits per heavy atom. The molecule has 0 N–H and O–H groups in total. The fraction of sp³-hybridized carbons (Fsp3) is 0. The molecule has 1 radical (unpaired) electrons. The van der Waals surface area contributed by atoms with Crippen LogP contribution in [0.2, 0.25) is 0 Å². The summed E-state index contributed by atoms with van der Waals surface area (Å²) < 4.78 is 18.5. The minimum absolute atomic E-state index is 0. The predicted molar refractivity (Wildman–Crippen MR) is 15.2 cm³/mol. The largest absolute Gasteiger partial charge is 4.00 e. The van der Waals surface area contributed by atoms with Gasteiger partial charge in [-0.3, -0.25) is 0 Å². The van der Waals surface area contributed by atoms with Gasteiger partial charge in [0.05, 0.1) is 0 Å². The maximum absolute atomic E-state index is 9.24. The normalized spacial score (nSPS) is 12.4. The maximum Gasteiger partial charge on any atom is 4.00 e. The molecule has 0 bridgehead atoms. The molecule has 0 spiro atoms. The van der Waals surface area contributed by atoms with Gasteiger partial charge in [0.25, 0.3) is 0 Å². The van der Waals surface area contributed by atoms with E-state index in [1.54, 1.807) is 0 Å². The molecule has 0 amide bonds. The minimum Gasteiger partial charge on any atom is -0.807 e. The molecule has 0 saturated carbocycles. The van der Waals surface area contributed by atoms with Crippen molar-refractivity contribution in [2.75, 3.05) is 0 Å². The van der Waals surface area contributed by atoms with Crippen LogP contribution in [0.25, 0.3) is 0 Å². The van der Waals surface area contributed by atoms with E-state index in [0.717, 1.165) is 0 Å². The summed E-state index contributed by atoms with van der Waals surface area (Å²) in [6.07, 6.45) is 0. The summed E-state index contributed by atoms with van der Waals surface area (Å²) in [5, 5.41) is 0. The molecule has 0 aromatic carbocycles. The summed E-state index contributed by atoms with van der Waals surface area (Å²) in [5.74, 6) is 0. The molecule has 9 heavy (non-hydrogen) atoms. The molecule has 6 nitrogen and oxygen atoms in total. The van der Waals surface area contributed by atoms with Crippen LogP contribution in [0.4, 0.5) is 0 Å². The Balaban J connectivity index is 0. The van der Waals surface area contributed by atoms with Gasteiger partial charge < -0.3 is 28.7 Å². The minimum atomic E-state index is -5.91. The van der Waals surface area contributed by atoms with Gasteiger partial charge in [0.15, 0.2) is 0 Å². The molecule has 0 aliphatic heterocycles. The van der Waals surface area contributed by atoms with Crippen molar-refractivity contribution in [2.45, 2.75) is 0 Å². The van der Waals surface area contributed by atoms with Gasteiger partial charge in [0.1, 0.15) is 0 Å². The molecule has 0 rings (SSSR count). The Bertz CT molecular complexity index is 140. The first-order chi connectivity index (χ1) is 3.25. The summed E-state index contributed by atoms with van der Waals surface area (Å²) in [5.41, 5.74) is 0. The average Bonchev–Trinajstić information content (AvgIpc) is 1.25. The van der Waals surface area contributed by atoms with Crippen LogP contribution in [0, 0.1) is 0 Å². The van der Waals surface area contributed by atoms with Gasteiger partial charge in [-0.05, 0) is 14.6 Å². The van der Waals surface area contributed by atoms with E-state index in [-0.39, 0.29) is 17.1 Å². The van der Waals surface area contributed by atoms with Gasteiger partial charge in [-0.25, -0.2) is 0 Å². The van der Waals surface area contributed by atoms with E-state index in [9.17, 15) is 28.7 Å². The smallest absolute Gasteiger partial charge is 0.807 e. The van der Waals surface area contributed by atoms with Gasteiger partial charge in [0, 0.05) is 0 Å². The van der Waals surface area contributed by atoms with Crippen molar-refractivity contribution < 1.29 is 45.8 Å². The summed E-state index contributed by atoms with van der Waals surface area (Å²) in [6.45, 7) is 0. The summed E-state index contributed by atoms with van der Waals surface area (Å²) >= 11 is 0. The van der Waals surface area contributed by atoms with Crippen molar-refractivity contribution in [1.29, 1.82) is 0 Å². The number of rotatable bonds is 1. The van der Waals surface area contributed by atoms with Crippen LogP contribution >= 0.6 is 14.6 Å². The van der Waals surface area contributed by atoms with Crippen molar-refractivity contribution in [3.05, 3.63) is 0 Å². The molecule has 0 heterocycles. The van der Waals surface area contributed by atoms with E-state index < -0.39 is 14.6 Å². The van der Waals surface area contributed by atoms with Crippen LogP contribution in [0.15, 0.2) is 0 Å². The monoisotopic (exact) mass is 221 g/mol. The Morgan fingerprint density at radius 3 is 0.889 bits per heavy atom. The molecule has 9 heteroatoms. The fourth-order valence-corrected chi connectivity index (χ4v) is 0. The van der Waals surface area contributed by atoms with Gasteiger partial charge in [0.2, 0.25) is 0 Å². The van der Waals surface area contributed by atoms with E-state index in [2.05, 4.69) is 0 Å². The molecule has 57 valence electrons. The van der Waals surface area contributed by atoms with Crippen molar-refractivity contribution in [2.24, 2.45) is 0 Å². The quantitative estimate of drug-likeness (QED) is 0.338. The summed E-state index contributed by atoms with van der Waals surface area (Å²) in [4.78, 5) is 36.9. The van der Waals surface area contributed by atoms with Crippen molar-refractivity contribution >= 4 is 14.6 Å². The standard InChI is InChI=1S/Cu.H4O6P2/c;1-7(2,3)8(4,5)6/h;(H2,1,2,3)(H2,4,5,6)/q+4;/p-4. The molecule has 0 fully saturated rings. The van der Waals surface area contributed by atoms with Crippen LogP contribution in [0.1, 0.15) is 0 Å². The molecule has 0 aliphatic rings. The average molecular weight is 221 g/mol. The molecule has 0 atom stereocenters. The molecular formula is CuO6P2. The third kappa shape index (κ3) is 4.25. The topological polar surface area (TPSA) is 126 Å². The van der Waals surface area contributed by atoms with Crippen LogP contribution in [0.3, 0.4) is 0 Å². The van der Waals surface area contributed by atoms with E-state index >= 15 is 0 Å². The number of hydrogen-bond acceptors (Lipinski definition) is 6. The van der Waals surface area contributed by atoms with Gasteiger partial charge in [-0.2, -0.15) is 0 Å². The molecule has 0 aromatic heterocycles. The van der Waals surface area contributed by atoms with Gasteiger partial charge >= 0.3 is 17.1 Å². The molecular weight excluding hydrogens is 221 g/mol. The van der Waals surface area contributed by atoms with Gasteiger partial charge in [-0.1, -0.05) is 0 Å². The Kier molecular flexibility index (Phi) is 4.55. The molecule has 0 aliphatic carbocycles. The van der Waals surface area contributed by atoms with E-state index in [4.69, 9.17) is 0 Å². The zero-order valence-corrected chi connectivity index (χ0v) is 6.38. The Hall–Kier alpha value is 0.819. The molecule has 0 aromatic rings. The van der Waals surface area contributed by atoms with Crippen molar-refractivity contribution in [1.82, 2.24) is 0 Å². The Morgan fingerprint density at radius 2 is 0.889 bits per heavy atom. The van der Waals surface area contributed by atoms with E-state index in [1.165, 1.54) is 0 Å². The molecule has 0 unspecified atom stereocenters. The van der Waals surface area contributed by atoms with E-state index in [0.29, 0.717) is 0 Å². The summed E-state index contributed by atoms with van der Waals surface area (Å²) in [7, 11) is -11.8. The van der Waals surface area contributed by atoms with Crippen molar-refractivity contribution in [3.63, 3.8) is 0 Å². The van der Waals surface area contributed by atoms with E-state index in [1.807, 2.05) is 0 Å². The van der Waals surface area contributed by atoms with Crippen LogP contribution < -0.4 is 19.6 Å². The first kappa shape index (κ1) is 12.5. The van der Waals surface area contributed by atoms with Crippen LogP contribution in [-0.4, -0.2) is 0 Å². The third-order valence-electron chi connectivity index (χ3n) is 0.300. The summed E-state index contributed by atoms with van der Waals surface area (Å²) in [6, 6.07) is 0. The predicted octanol–water partition coefficient (Wildman–Crippen LogP) is -3.27. The first-order valence-corrected chi connectivity index (χ1v) is 5.09. The SMILES string of the molecule is O=P([O-])([O-])P(=O)([O-])[O-].[Cu+4]. The first-order valence-electron chi connectivity index (χ1n) is 1.30. The van der Waals surface area contributed by atoms with Crippen molar-refractivity contribution in [3.8, 4) is 0 Å². The van der Waals surface area contributed by atoms with Gasteiger partial charge in [-0.15, -0.1) is 0 Å². The Labute approximate surface area is 61.0 Å². The zero-order valence-electron chi connectivity index (χ0n) is 3.65. The number of hydrogen-bond donors (Lipinski definition) is 0. The maximum atomic E-state index is 9.24. The van der Waals surface area contributed by atoms with Crippen LogP contribution in [-0.2, 0) is 26.2 Å². The second-order valence-corrected chi connectivity index (χ2v) is 5.75. The molecule has 0 saturated heterocycles. The van der Waals surface area contributed by atoms with Crippen LogP contribution in [0.5, 0.6) is 0 Å². The fourth-order valence-electron chi connectivity index (χ4n) is 0. The second kappa shape index (κ2) is 3.28. The third-order valence-corrected chi connectivity index (χ3v) is 2.70. The zero-order chi connectivity index (χ0) is 7.00. The second-order valence-electron chi connectivity index (χ2n) is 0.937.